The Kier molecular flexibility index (Phi) is 1.48. The third kappa shape index (κ3) is 0.948. The van der Waals surface area contributed by atoms with E-state index in [0.717, 1.165) is 17.9 Å². The molecule has 1 aliphatic rings. The first kappa shape index (κ1) is 7.73. The average Bonchev–Trinajstić information content (AvgIpc) is 2.32. The number of aromatic nitrogens is 1. The smallest absolute Gasteiger partial charge is 0.282 e. The van der Waals surface area contributed by atoms with Gasteiger partial charge in [0.1, 0.15) is 15.7 Å². The Morgan fingerprint density at radius 1 is 1.50 bits per heavy atom. The number of aromatic amines is 1. The van der Waals surface area contributed by atoms with Crippen molar-refractivity contribution in [2.45, 2.75) is 11.8 Å². The third-order valence-corrected chi connectivity index (χ3v) is 2.30. The minimum atomic E-state index is -0.117. The van der Waals surface area contributed by atoms with Gasteiger partial charge in [-0.3, -0.25) is 4.79 Å². The van der Waals surface area contributed by atoms with E-state index >= 15 is 0 Å². The fourth-order valence-electron chi connectivity index (χ4n) is 1.72. The van der Waals surface area contributed by atoms with Crippen molar-refractivity contribution in [1.29, 1.82) is 0 Å². The first-order valence-corrected chi connectivity index (χ1v) is 4.03. The van der Waals surface area contributed by atoms with E-state index in [9.17, 15) is 4.79 Å². The lowest BCUT2D eigenvalue weighted by Gasteiger charge is -2.27. The molecule has 0 amide bonds. The molecule has 62 valence electrons. The van der Waals surface area contributed by atoms with Crippen molar-refractivity contribution in [3.05, 3.63) is 21.7 Å². The lowest BCUT2D eigenvalue weighted by atomic mass is 9.50. The predicted octanol–water partition coefficient (Wildman–Crippen LogP) is -2.51. The quantitative estimate of drug-likeness (QED) is 0.416. The van der Waals surface area contributed by atoms with Crippen LogP contribution in [0.1, 0.15) is 11.3 Å². The Labute approximate surface area is 71.5 Å². The number of rotatable bonds is 0. The molecular formula is C6H10B2N2O2. The molecule has 12 heavy (non-hydrogen) atoms. The maximum absolute atomic E-state index is 11.3. The zero-order valence-electron chi connectivity index (χ0n) is 7.23. The van der Waals surface area contributed by atoms with Gasteiger partial charge in [0.2, 0.25) is 0 Å². The normalized spacial score (nSPS) is 20.3. The maximum Gasteiger partial charge on any atom is 0.282 e. The monoisotopic (exact) mass is 164 g/mol. The van der Waals surface area contributed by atoms with E-state index in [1.165, 1.54) is 0 Å². The molecule has 0 fully saturated rings. The Bertz CT molecular complexity index is 355. The van der Waals surface area contributed by atoms with E-state index in [-0.39, 0.29) is 10.8 Å². The molecule has 2 N–H and O–H groups in total. The third-order valence-electron chi connectivity index (χ3n) is 2.30. The number of fused-ring (bicyclic) bond motifs is 1. The van der Waals surface area contributed by atoms with Gasteiger partial charge in [0, 0.05) is 0 Å². The standard InChI is InChI=1S/C6H10B2N2O2/c7-6(8)2-9-1-3-4(6)5(11)10-12-3/h9H,1-2,7-8H2,(H,10,11). The second-order valence-corrected chi connectivity index (χ2v) is 3.82. The molecule has 0 atom stereocenters. The van der Waals surface area contributed by atoms with Crippen LogP contribution < -0.4 is 10.9 Å². The average molecular weight is 164 g/mol. The van der Waals surface area contributed by atoms with Crippen LogP contribution in [0, 0.1) is 0 Å². The zero-order valence-corrected chi connectivity index (χ0v) is 7.23. The molecule has 0 saturated carbocycles. The lowest BCUT2D eigenvalue weighted by Crippen LogP contribution is -2.46. The van der Waals surface area contributed by atoms with Crippen LogP contribution in [0.5, 0.6) is 0 Å². The molecule has 2 rings (SSSR count). The summed E-state index contributed by atoms with van der Waals surface area (Å²) in [6, 6.07) is 0. The van der Waals surface area contributed by atoms with E-state index in [1.54, 1.807) is 0 Å². The largest absolute Gasteiger partial charge is 0.382 e. The van der Waals surface area contributed by atoms with Gasteiger partial charge in [-0.2, -0.15) is 5.16 Å². The van der Waals surface area contributed by atoms with E-state index < -0.39 is 0 Å². The van der Waals surface area contributed by atoms with Crippen molar-refractivity contribution in [1.82, 2.24) is 10.5 Å². The van der Waals surface area contributed by atoms with Crippen LogP contribution in [0.4, 0.5) is 0 Å². The number of hydrogen-bond donors (Lipinski definition) is 2. The summed E-state index contributed by atoms with van der Waals surface area (Å²) in [5, 5.41) is 5.44. The van der Waals surface area contributed by atoms with Crippen molar-refractivity contribution in [2.24, 2.45) is 0 Å². The first-order valence-electron chi connectivity index (χ1n) is 4.03. The number of H-pyrrole nitrogens is 1. The summed E-state index contributed by atoms with van der Waals surface area (Å²) in [7, 11) is 4.06. The molecule has 1 aromatic heterocycles. The molecule has 0 spiro atoms. The maximum atomic E-state index is 11.3. The van der Waals surface area contributed by atoms with E-state index in [0.29, 0.717) is 6.54 Å². The van der Waals surface area contributed by atoms with Gasteiger partial charge in [-0.1, -0.05) is 0 Å². The molecule has 0 aromatic carbocycles. The van der Waals surface area contributed by atoms with Gasteiger partial charge in [-0.05, 0) is 11.8 Å². The second-order valence-electron chi connectivity index (χ2n) is 3.82. The highest BCUT2D eigenvalue weighted by molar-refractivity contribution is 6.40. The SMILES string of the molecule is BC1(B)CNCc2o[nH]c(=O)c21. The van der Waals surface area contributed by atoms with Crippen molar-refractivity contribution < 1.29 is 4.52 Å². The topological polar surface area (TPSA) is 58.0 Å². The van der Waals surface area contributed by atoms with E-state index in [1.807, 2.05) is 15.7 Å². The number of nitrogens with one attached hydrogen (secondary N) is 2. The fraction of sp³-hybridized carbons (Fsp3) is 0.500. The van der Waals surface area contributed by atoms with E-state index in [4.69, 9.17) is 4.52 Å². The Morgan fingerprint density at radius 3 is 2.92 bits per heavy atom. The molecule has 4 nitrogen and oxygen atoms in total. The molecule has 0 unspecified atom stereocenters. The van der Waals surface area contributed by atoms with Crippen LogP contribution in [0.15, 0.2) is 9.32 Å². The van der Waals surface area contributed by atoms with Gasteiger partial charge < -0.3 is 9.84 Å². The molecule has 0 aliphatic carbocycles. The molecule has 0 bridgehead atoms. The molecule has 6 heteroatoms. The van der Waals surface area contributed by atoms with Gasteiger partial charge in [0.05, 0.1) is 12.1 Å². The van der Waals surface area contributed by atoms with Crippen molar-refractivity contribution >= 4 is 15.7 Å². The summed E-state index contributed by atoms with van der Waals surface area (Å²) < 4.78 is 5.02. The fourth-order valence-corrected chi connectivity index (χ4v) is 1.72. The zero-order chi connectivity index (χ0) is 8.77. The summed E-state index contributed by atoms with van der Waals surface area (Å²) in [6.45, 7) is 1.47. The van der Waals surface area contributed by atoms with Crippen molar-refractivity contribution in [3.63, 3.8) is 0 Å². The summed E-state index contributed by atoms with van der Waals surface area (Å²) in [5.74, 6) is 0.747. The second kappa shape index (κ2) is 2.29. The highest BCUT2D eigenvalue weighted by Gasteiger charge is 2.32. The minimum absolute atomic E-state index is 0.0866. The summed E-state index contributed by atoms with van der Waals surface area (Å²) in [4.78, 5) is 11.3. The molecular weight excluding hydrogens is 154 g/mol. The Morgan fingerprint density at radius 2 is 2.25 bits per heavy atom. The van der Waals surface area contributed by atoms with Gasteiger partial charge >= 0.3 is 0 Å². The van der Waals surface area contributed by atoms with Gasteiger partial charge in [-0.15, -0.1) is 0 Å². The van der Waals surface area contributed by atoms with Crippen LogP contribution in [-0.2, 0) is 11.8 Å². The molecule has 2 heterocycles. The van der Waals surface area contributed by atoms with Crippen molar-refractivity contribution in [2.75, 3.05) is 6.54 Å². The van der Waals surface area contributed by atoms with Crippen LogP contribution in [0.3, 0.4) is 0 Å². The predicted molar refractivity (Wildman–Crippen MR) is 49.8 cm³/mol. The van der Waals surface area contributed by atoms with Gasteiger partial charge in [0.25, 0.3) is 5.56 Å². The molecule has 0 radical (unpaired) electrons. The molecule has 1 aromatic rings. The first-order chi connectivity index (χ1) is 5.61. The Balaban J connectivity index is 2.63. The Hall–Kier alpha value is -0.900. The van der Waals surface area contributed by atoms with E-state index in [2.05, 4.69) is 10.5 Å². The van der Waals surface area contributed by atoms with Gasteiger partial charge in [-0.25, -0.2) is 0 Å². The van der Waals surface area contributed by atoms with Crippen LogP contribution in [0.2, 0.25) is 0 Å². The van der Waals surface area contributed by atoms with Gasteiger partial charge in [0.15, 0.2) is 5.76 Å². The minimum Gasteiger partial charge on any atom is -0.382 e. The van der Waals surface area contributed by atoms with Crippen LogP contribution in [0.25, 0.3) is 0 Å². The summed E-state index contributed by atoms with van der Waals surface area (Å²) in [6.07, 6.45) is 0. The lowest BCUT2D eigenvalue weighted by molar-refractivity contribution is 0.359. The van der Waals surface area contributed by atoms with Crippen LogP contribution >= 0.6 is 0 Å². The molecule has 0 saturated heterocycles. The molecule has 1 aliphatic heterocycles. The van der Waals surface area contributed by atoms with Crippen molar-refractivity contribution in [3.8, 4) is 0 Å². The number of hydrogen-bond acceptors (Lipinski definition) is 3. The summed E-state index contributed by atoms with van der Waals surface area (Å²) in [5.41, 5.74) is 0.706. The highest BCUT2D eigenvalue weighted by atomic mass is 16.5. The highest BCUT2D eigenvalue weighted by Crippen LogP contribution is 2.20. The summed E-state index contributed by atoms with van der Waals surface area (Å²) >= 11 is 0. The van der Waals surface area contributed by atoms with Crippen LogP contribution in [-0.4, -0.2) is 27.4 Å².